The van der Waals surface area contributed by atoms with Gasteiger partial charge in [0.1, 0.15) is 0 Å². The molecular formula is C22H20N2OS2. The number of hydrogen-bond donors (Lipinski definition) is 1. The predicted octanol–water partition coefficient (Wildman–Crippen LogP) is 6.34. The van der Waals surface area contributed by atoms with E-state index in [9.17, 15) is 4.79 Å². The van der Waals surface area contributed by atoms with E-state index in [0.29, 0.717) is 0 Å². The van der Waals surface area contributed by atoms with E-state index in [1.165, 1.54) is 19.6 Å². The van der Waals surface area contributed by atoms with Crippen molar-refractivity contribution < 1.29 is 4.79 Å². The van der Waals surface area contributed by atoms with Crippen molar-refractivity contribution in [1.29, 1.82) is 0 Å². The minimum Gasteiger partial charge on any atom is -0.342 e. The van der Waals surface area contributed by atoms with Gasteiger partial charge in [-0.2, -0.15) is 0 Å². The molecule has 136 valence electrons. The fraction of sp³-hybridized carbons (Fsp3) is 0.136. The van der Waals surface area contributed by atoms with Crippen molar-refractivity contribution in [2.24, 2.45) is 0 Å². The third-order valence-electron chi connectivity index (χ3n) is 4.56. The van der Waals surface area contributed by atoms with Crippen molar-refractivity contribution in [3.8, 4) is 0 Å². The van der Waals surface area contributed by atoms with Crippen LogP contribution in [0.4, 0.5) is 17.1 Å². The number of rotatable bonds is 1. The number of nitrogens with zero attached hydrogens (tertiary/aromatic N) is 1. The maximum atomic E-state index is 11.6. The van der Waals surface area contributed by atoms with E-state index in [1.807, 2.05) is 6.07 Å². The van der Waals surface area contributed by atoms with Crippen LogP contribution in [-0.2, 0) is 4.79 Å². The molecule has 1 heterocycles. The fourth-order valence-electron chi connectivity index (χ4n) is 3.30. The summed E-state index contributed by atoms with van der Waals surface area (Å²) < 4.78 is 0. The third kappa shape index (κ3) is 3.45. The molecule has 5 heteroatoms. The van der Waals surface area contributed by atoms with Gasteiger partial charge in [0.15, 0.2) is 0 Å². The Labute approximate surface area is 168 Å². The van der Waals surface area contributed by atoms with Crippen molar-refractivity contribution >= 4 is 46.5 Å². The zero-order valence-electron chi connectivity index (χ0n) is 15.4. The summed E-state index contributed by atoms with van der Waals surface area (Å²) in [6.07, 6.45) is 0. The zero-order valence-corrected chi connectivity index (χ0v) is 17.1. The fourth-order valence-corrected chi connectivity index (χ4v) is 5.63. The summed E-state index contributed by atoms with van der Waals surface area (Å²) in [5, 5.41) is 2.96. The molecule has 0 radical (unpaired) electrons. The van der Waals surface area contributed by atoms with Crippen LogP contribution >= 0.6 is 23.5 Å². The third-order valence-corrected chi connectivity index (χ3v) is 6.95. The van der Waals surface area contributed by atoms with Crippen LogP contribution in [0.5, 0.6) is 0 Å². The van der Waals surface area contributed by atoms with Gasteiger partial charge in [0, 0.05) is 39.2 Å². The van der Waals surface area contributed by atoms with Gasteiger partial charge >= 0.3 is 0 Å². The standard InChI is InChI=1S/C22H20N2OS2/c1-14-16(23-15(2)25)12-13-21-22(14)24(3)17-8-4-5-9-18(17)26-19-10-6-7-11-20(19)27-21/h4-13H,1-3H3,(H,23,25). The minimum absolute atomic E-state index is 0.0577. The molecule has 0 saturated carbocycles. The summed E-state index contributed by atoms with van der Waals surface area (Å²) in [4.78, 5) is 18.7. The molecular weight excluding hydrogens is 372 g/mol. The van der Waals surface area contributed by atoms with Gasteiger partial charge in [-0.15, -0.1) is 0 Å². The molecule has 1 N–H and O–H groups in total. The Kier molecular flexibility index (Phi) is 4.89. The molecule has 0 saturated heterocycles. The van der Waals surface area contributed by atoms with Crippen molar-refractivity contribution in [3.05, 3.63) is 66.2 Å². The van der Waals surface area contributed by atoms with Crippen LogP contribution in [0, 0.1) is 6.92 Å². The Morgan fingerprint density at radius 1 is 0.852 bits per heavy atom. The summed E-state index contributed by atoms with van der Waals surface area (Å²) >= 11 is 3.56. The zero-order chi connectivity index (χ0) is 19.0. The highest BCUT2D eigenvalue weighted by atomic mass is 32.2. The molecule has 0 spiro atoms. The second kappa shape index (κ2) is 7.33. The number of para-hydroxylation sites is 1. The molecule has 3 aromatic carbocycles. The van der Waals surface area contributed by atoms with Gasteiger partial charge in [0.05, 0.1) is 11.4 Å². The summed E-state index contributed by atoms with van der Waals surface area (Å²) in [5.41, 5.74) is 4.20. The number of anilines is 3. The number of benzene rings is 3. The van der Waals surface area contributed by atoms with Crippen LogP contribution in [0.25, 0.3) is 0 Å². The van der Waals surface area contributed by atoms with Crippen molar-refractivity contribution in [3.63, 3.8) is 0 Å². The van der Waals surface area contributed by atoms with Gasteiger partial charge in [-0.25, -0.2) is 0 Å². The highest BCUT2D eigenvalue weighted by molar-refractivity contribution is 8.02. The first-order chi connectivity index (χ1) is 13.0. The lowest BCUT2D eigenvalue weighted by Crippen LogP contribution is -2.15. The number of nitrogens with one attached hydrogen (secondary N) is 1. The Hall–Kier alpha value is -2.37. The number of carbonyl (C=O) groups is 1. The summed E-state index contributed by atoms with van der Waals surface area (Å²) in [6.45, 7) is 3.61. The van der Waals surface area contributed by atoms with Crippen LogP contribution in [0.2, 0.25) is 0 Å². The summed E-state index contributed by atoms with van der Waals surface area (Å²) in [5.74, 6) is -0.0577. The maximum Gasteiger partial charge on any atom is 0.221 e. The lowest BCUT2D eigenvalue weighted by molar-refractivity contribution is -0.114. The molecule has 0 fully saturated rings. The Bertz CT molecular complexity index is 1030. The first kappa shape index (κ1) is 18.0. The number of hydrogen-bond acceptors (Lipinski definition) is 4. The second-order valence-corrected chi connectivity index (χ2v) is 8.61. The van der Waals surface area contributed by atoms with Gasteiger partial charge in [-0.05, 0) is 48.9 Å². The number of carbonyl (C=O) groups excluding carboxylic acids is 1. The van der Waals surface area contributed by atoms with Gasteiger partial charge < -0.3 is 10.2 Å². The van der Waals surface area contributed by atoms with Crippen molar-refractivity contribution in [2.75, 3.05) is 17.3 Å². The van der Waals surface area contributed by atoms with E-state index in [1.54, 1.807) is 30.4 Å². The molecule has 0 aromatic heterocycles. The highest BCUT2D eigenvalue weighted by Gasteiger charge is 2.22. The van der Waals surface area contributed by atoms with Crippen LogP contribution in [-0.4, -0.2) is 13.0 Å². The molecule has 1 amide bonds. The number of amides is 1. The van der Waals surface area contributed by atoms with E-state index < -0.39 is 0 Å². The van der Waals surface area contributed by atoms with Crippen molar-refractivity contribution in [1.82, 2.24) is 0 Å². The molecule has 1 aliphatic heterocycles. The van der Waals surface area contributed by atoms with E-state index in [-0.39, 0.29) is 5.91 Å². The molecule has 0 atom stereocenters. The molecule has 0 bridgehead atoms. The first-order valence-corrected chi connectivity index (χ1v) is 10.4. The average Bonchev–Trinajstić information content (AvgIpc) is 2.70. The molecule has 0 unspecified atom stereocenters. The summed E-state index contributed by atoms with van der Waals surface area (Å²) in [6, 6.07) is 21.1. The van der Waals surface area contributed by atoms with Gasteiger partial charge in [0.2, 0.25) is 5.91 Å². The Morgan fingerprint density at radius 2 is 1.44 bits per heavy atom. The average molecular weight is 393 g/mol. The van der Waals surface area contributed by atoms with E-state index >= 15 is 0 Å². The highest BCUT2D eigenvalue weighted by Crippen LogP contribution is 2.49. The topological polar surface area (TPSA) is 32.3 Å². The van der Waals surface area contributed by atoms with Gasteiger partial charge in [-0.3, -0.25) is 4.79 Å². The van der Waals surface area contributed by atoms with Gasteiger partial charge in [0.25, 0.3) is 0 Å². The molecule has 1 aliphatic rings. The van der Waals surface area contributed by atoms with Crippen molar-refractivity contribution in [2.45, 2.75) is 33.4 Å². The van der Waals surface area contributed by atoms with Gasteiger partial charge in [-0.1, -0.05) is 47.8 Å². The smallest absolute Gasteiger partial charge is 0.221 e. The maximum absolute atomic E-state index is 11.6. The molecule has 27 heavy (non-hydrogen) atoms. The number of fused-ring (bicyclic) bond motifs is 3. The van der Waals surface area contributed by atoms with Crippen LogP contribution in [0.15, 0.2) is 80.2 Å². The predicted molar refractivity (Wildman–Crippen MR) is 115 cm³/mol. The SMILES string of the molecule is CC(=O)Nc1ccc2c(c1C)N(C)c1ccccc1Sc1ccccc1S2. The van der Waals surface area contributed by atoms with Crippen LogP contribution < -0.4 is 10.2 Å². The quantitative estimate of drug-likeness (QED) is 0.524. The normalized spacial score (nSPS) is 12.8. The molecule has 3 aromatic rings. The Balaban J connectivity index is 1.97. The minimum atomic E-state index is -0.0577. The molecule has 3 nitrogen and oxygen atoms in total. The molecule has 4 rings (SSSR count). The lowest BCUT2D eigenvalue weighted by atomic mass is 10.1. The largest absolute Gasteiger partial charge is 0.342 e. The lowest BCUT2D eigenvalue weighted by Gasteiger charge is -2.26. The van der Waals surface area contributed by atoms with Crippen LogP contribution in [0.1, 0.15) is 12.5 Å². The van der Waals surface area contributed by atoms with E-state index in [4.69, 9.17) is 0 Å². The van der Waals surface area contributed by atoms with E-state index in [2.05, 4.69) is 78.8 Å². The second-order valence-electron chi connectivity index (χ2n) is 6.44. The Morgan fingerprint density at radius 3 is 2.11 bits per heavy atom. The van der Waals surface area contributed by atoms with E-state index in [0.717, 1.165) is 22.6 Å². The molecule has 0 aliphatic carbocycles. The monoisotopic (exact) mass is 392 g/mol. The van der Waals surface area contributed by atoms with Crippen LogP contribution in [0.3, 0.4) is 0 Å². The summed E-state index contributed by atoms with van der Waals surface area (Å²) in [7, 11) is 2.10. The first-order valence-electron chi connectivity index (χ1n) is 8.73.